The summed E-state index contributed by atoms with van der Waals surface area (Å²) in [7, 11) is 0. The van der Waals surface area contributed by atoms with E-state index in [-0.39, 0.29) is 11.2 Å². The molecular weight excluding hydrogens is 216 g/mol. The second-order valence-corrected chi connectivity index (χ2v) is 6.73. The van der Waals surface area contributed by atoms with Crippen LogP contribution in [0.1, 0.15) is 46.0 Å². The first-order valence-corrected chi connectivity index (χ1v) is 6.81. The quantitative estimate of drug-likeness (QED) is 0.650. The molecule has 1 saturated heterocycles. The smallest absolute Gasteiger partial charge is 0.171 e. The van der Waals surface area contributed by atoms with Crippen LogP contribution in [0.15, 0.2) is 0 Å². The molecule has 0 N–H and O–H groups in total. The minimum absolute atomic E-state index is 0.132. The lowest BCUT2D eigenvalue weighted by molar-refractivity contribution is -0.336. The molecular formula is C14H22O3. The molecule has 3 fully saturated rings. The minimum atomic E-state index is -0.354. The summed E-state index contributed by atoms with van der Waals surface area (Å²) in [6.45, 7) is 5.91. The number of carbonyl (C=O) groups excluding carboxylic acids is 1. The van der Waals surface area contributed by atoms with Crippen LogP contribution in [-0.4, -0.2) is 24.8 Å². The van der Waals surface area contributed by atoms with Crippen molar-refractivity contribution in [2.75, 3.05) is 13.2 Å². The van der Waals surface area contributed by atoms with Crippen LogP contribution in [0.2, 0.25) is 0 Å². The van der Waals surface area contributed by atoms with E-state index in [4.69, 9.17) is 9.47 Å². The van der Waals surface area contributed by atoms with Crippen molar-refractivity contribution in [1.82, 2.24) is 0 Å². The summed E-state index contributed by atoms with van der Waals surface area (Å²) in [5, 5.41) is 0. The third-order valence-electron chi connectivity index (χ3n) is 4.64. The Morgan fingerprint density at radius 1 is 1.18 bits per heavy atom. The molecule has 0 aromatic rings. The summed E-state index contributed by atoms with van der Waals surface area (Å²) < 4.78 is 12.2. The van der Waals surface area contributed by atoms with Crippen LogP contribution in [0, 0.1) is 17.3 Å². The second kappa shape index (κ2) is 3.79. The number of hydrogen-bond acceptors (Lipinski definition) is 3. The molecule has 96 valence electrons. The van der Waals surface area contributed by atoms with E-state index >= 15 is 0 Å². The Bertz CT molecular complexity index is 324. The highest BCUT2D eigenvalue weighted by molar-refractivity contribution is 5.82. The predicted octanol–water partition coefficient (Wildman–Crippen LogP) is 2.53. The van der Waals surface area contributed by atoms with Crippen molar-refractivity contribution in [2.24, 2.45) is 17.3 Å². The second-order valence-electron chi connectivity index (χ2n) is 6.73. The van der Waals surface area contributed by atoms with Crippen molar-refractivity contribution in [1.29, 1.82) is 0 Å². The van der Waals surface area contributed by atoms with Gasteiger partial charge in [-0.05, 0) is 19.3 Å². The third-order valence-corrected chi connectivity index (χ3v) is 4.64. The molecule has 3 rings (SSSR count). The highest BCUT2D eigenvalue weighted by atomic mass is 16.7. The molecule has 2 unspecified atom stereocenters. The fourth-order valence-electron chi connectivity index (χ4n) is 3.47. The summed E-state index contributed by atoms with van der Waals surface area (Å²) >= 11 is 0. The van der Waals surface area contributed by atoms with Gasteiger partial charge in [-0.3, -0.25) is 4.79 Å². The van der Waals surface area contributed by atoms with Crippen LogP contribution in [-0.2, 0) is 14.3 Å². The zero-order valence-corrected chi connectivity index (χ0v) is 10.8. The van der Waals surface area contributed by atoms with E-state index < -0.39 is 0 Å². The average Bonchev–Trinajstić information content (AvgIpc) is 2.31. The number of carbonyl (C=O) groups is 1. The summed E-state index contributed by atoms with van der Waals surface area (Å²) in [6, 6.07) is 0. The van der Waals surface area contributed by atoms with Gasteiger partial charge in [0.2, 0.25) is 0 Å². The maximum atomic E-state index is 11.7. The molecule has 2 aliphatic carbocycles. The maximum absolute atomic E-state index is 11.7. The molecule has 0 radical (unpaired) electrons. The Labute approximate surface area is 103 Å². The fraction of sp³-hybridized carbons (Fsp3) is 0.929. The van der Waals surface area contributed by atoms with E-state index in [2.05, 4.69) is 13.8 Å². The van der Waals surface area contributed by atoms with Gasteiger partial charge in [0, 0.05) is 30.1 Å². The predicted molar refractivity (Wildman–Crippen MR) is 63.5 cm³/mol. The van der Waals surface area contributed by atoms with Gasteiger partial charge in [-0.2, -0.15) is 0 Å². The number of ketones is 1. The van der Waals surface area contributed by atoms with Gasteiger partial charge in [-0.1, -0.05) is 13.8 Å². The molecule has 0 aromatic heterocycles. The van der Waals surface area contributed by atoms with Gasteiger partial charge in [0.25, 0.3) is 0 Å². The highest BCUT2D eigenvalue weighted by Gasteiger charge is 2.52. The van der Waals surface area contributed by atoms with Gasteiger partial charge in [-0.15, -0.1) is 0 Å². The molecule has 1 heterocycles. The maximum Gasteiger partial charge on any atom is 0.171 e. The molecule has 2 bridgehead atoms. The Kier molecular flexibility index (Phi) is 2.60. The molecule has 1 spiro atoms. The molecule has 3 nitrogen and oxygen atoms in total. The average molecular weight is 238 g/mol. The van der Waals surface area contributed by atoms with Crippen molar-refractivity contribution in [3.05, 3.63) is 0 Å². The fourth-order valence-corrected chi connectivity index (χ4v) is 3.47. The van der Waals surface area contributed by atoms with Crippen LogP contribution < -0.4 is 0 Å². The Morgan fingerprint density at radius 3 is 2.59 bits per heavy atom. The molecule has 2 saturated carbocycles. The van der Waals surface area contributed by atoms with Crippen LogP contribution in [0.25, 0.3) is 0 Å². The number of fused-ring (bicyclic) bond motifs is 3. The van der Waals surface area contributed by atoms with Crippen LogP contribution in [0.3, 0.4) is 0 Å². The van der Waals surface area contributed by atoms with Crippen molar-refractivity contribution < 1.29 is 14.3 Å². The SMILES string of the molecule is CC1(C)COC2(CCC3CC2CCC3=O)OC1. The molecule has 0 amide bonds. The zero-order chi connectivity index (χ0) is 12.1. The van der Waals surface area contributed by atoms with E-state index in [1.54, 1.807) is 0 Å². The van der Waals surface area contributed by atoms with Crippen molar-refractivity contribution in [2.45, 2.75) is 51.7 Å². The van der Waals surface area contributed by atoms with Crippen LogP contribution in [0.4, 0.5) is 0 Å². The summed E-state index contributed by atoms with van der Waals surface area (Å²) in [5.41, 5.74) is 0.132. The number of hydrogen-bond donors (Lipinski definition) is 0. The summed E-state index contributed by atoms with van der Waals surface area (Å²) in [5.74, 6) is 0.844. The highest BCUT2D eigenvalue weighted by Crippen LogP contribution is 2.49. The molecule has 2 atom stereocenters. The first kappa shape index (κ1) is 11.7. The first-order valence-electron chi connectivity index (χ1n) is 6.81. The number of Topliss-reactive ketones (excluding diaryl/α,β-unsaturated/α-hetero) is 1. The summed E-state index contributed by atoms with van der Waals surface area (Å²) in [6.07, 6.45) is 4.53. The van der Waals surface area contributed by atoms with Gasteiger partial charge < -0.3 is 9.47 Å². The van der Waals surface area contributed by atoms with Crippen molar-refractivity contribution >= 4 is 5.78 Å². The topological polar surface area (TPSA) is 35.5 Å². The Morgan fingerprint density at radius 2 is 1.88 bits per heavy atom. The van der Waals surface area contributed by atoms with E-state index in [0.29, 0.717) is 17.6 Å². The van der Waals surface area contributed by atoms with Crippen molar-refractivity contribution in [3.8, 4) is 0 Å². The third kappa shape index (κ3) is 1.93. The Hall–Kier alpha value is -0.410. The lowest BCUT2D eigenvalue weighted by atomic mass is 9.68. The molecule has 3 aliphatic rings. The Balaban J connectivity index is 1.75. The molecule has 0 aromatic carbocycles. The lowest BCUT2D eigenvalue weighted by Gasteiger charge is -2.52. The van der Waals surface area contributed by atoms with Gasteiger partial charge in [0.05, 0.1) is 13.2 Å². The largest absolute Gasteiger partial charge is 0.349 e. The van der Waals surface area contributed by atoms with Gasteiger partial charge >= 0.3 is 0 Å². The number of ether oxygens (including phenoxy) is 2. The van der Waals surface area contributed by atoms with Crippen molar-refractivity contribution in [3.63, 3.8) is 0 Å². The minimum Gasteiger partial charge on any atom is -0.349 e. The standard InChI is InChI=1S/C14H22O3/c1-13(2)8-16-14(17-9-13)6-5-10-7-11(14)3-4-12(10)15/h10-11H,3-9H2,1-2H3. The first-order chi connectivity index (χ1) is 8.01. The van der Waals surface area contributed by atoms with Gasteiger partial charge in [-0.25, -0.2) is 0 Å². The van der Waals surface area contributed by atoms with Crippen LogP contribution >= 0.6 is 0 Å². The molecule has 1 aliphatic heterocycles. The monoisotopic (exact) mass is 238 g/mol. The molecule has 17 heavy (non-hydrogen) atoms. The van der Waals surface area contributed by atoms with E-state index in [9.17, 15) is 4.79 Å². The van der Waals surface area contributed by atoms with E-state index in [1.165, 1.54) is 0 Å². The van der Waals surface area contributed by atoms with Crippen LogP contribution in [0.5, 0.6) is 0 Å². The van der Waals surface area contributed by atoms with E-state index in [0.717, 1.165) is 45.3 Å². The van der Waals surface area contributed by atoms with Gasteiger partial charge in [0.15, 0.2) is 5.79 Å². The zero-order valence-electron chi connectivity index (χ0n) is 10.8. The number of rotatable bonds is 0. The molecule has 3 heteroatoms. The van der Waals surface area contributed by atoms with Gasteiger partial charge in [0.1, 0.15) is 5.78 Å². The normalized spacial score (nSPS) is 39.3. The lowest BCUT2D eigenvalue weighted by Crippen LogP contribution is -2.56. The summed E-state index contributed by atoms with van der Waals surface area (Å²) in [4.78, 5) is 11.7. The van der Waals surface area contributed by atoms with E-state index in [1.807, 2.05) is 0 Å².